The fourth-order valence-corrected chi connectivity index (χ4v) is 5.21. The Labute approximate surface area is 193 Å². The Morgan fingerprint density at radius 1 is 0.697 bits per heavy atom. The second-order valence-corrected chi connectivity index (χ2v) is 8.90. The van der Waals surface area contributed by atoms with Crippen LogP contribution in [0, 0.1) is 0 Å². The van der Waals surface area contributed by atoms with Gasteiger partial charge in [0.25, 0.3) is 0 Å². The second kappa shape index (κ2) is 7.93. The molecule has 0 bridgehead atoms. The summed E-state index contributed by atoms with van der Waals surface area (Å²) in [6.45, 7) is 2.14. The van der Waals surface area contributed by atoms with Gasteiger partial charge in [-0.25, -0.2) is 0 Å². The van der Waals surface area contributed by atoms with E-state index in [-0.39, 0.29) is 23.9 Å². The Bertz CT molecular complexity index is 1330. The van der Waals surface area contributed by atoms with Crippen LogP contribution in [0.15, 0.2) is 97.1 Å². The van der Waals surface area contributed by atoms with Crippen molar-refractivity contribution >= 4 is 5.97 Å². The first kappa shape index (κ1) is 19.8. The quantitative estimate of drug-likeness (QED) is 0.283. The summed E-state index contributed by atoms with van der Waals surface area (Å²) in [7, 11) is 0. The van der Waals surface area contributed by atoms with E-state index in [2.05, 4.69) is 61.5 Å². The zero-order valence-corrected chi connectivity index (χ0v) is 18.4. The molecule has 3 atom stereocenters. The van der Waals surface area contributed by atoms with Crippen LogP contribution in [0.1, 0.15) is 52.1 Å². The van der Waals surface area contributed by atoms with Crippen molar-refractivity contribution in [2.75, 3.05) is 0 Å². The summed E-state index contributed by atoms with van der Waals surface area (Å²) < 4.78 is 11.7. The van der Waals surface area contributed by atoms with Gasteiger partial charge in [-0.3, -0.25) is 4.79 Å². The number of hydrogen-bond acceptors (Lipinski definition) is 3. The van der Waals surface area contributed by atoms with Gasteiger partial charge >= 0.3 is 5.97 Å². The molecule has 0 aromatic heterocycles. The first-order chi connectivity index (χ1) is 16.2. The molecule has 4 aromatic carbocycles. The molecule has 4 aromatic rings. The molecule has 2 heterocycles. The summed E-state index contributed by atoms with van der Waals surface area (Å²) in [5, 5.41) is 0. The summed E-state index contributed by atoms with van der Waals surface area (Å²) in [5.74, 6) is 1.30. The van der Waals surface area contributed by atoms with E-state index in [4.69, 9.17) is 9.47 Å². The molecule has 0 saturated carbocycles. The summed E-state index contributed by atoms with van der Waals surface area (Å²) >= 11 is 0. The molecular formula is C30H24O3. The van der Waals surface area contributed by atoms with Crippen molar-refractivity contribution in [3.05, 3.63) is 130 Å². The minimum atomic E-state index is -0.363. The van der Waals surface area contributed by atoms with Gasteiger partial charge in [-0.15, -0.1) is 0 Å². The highest BCUT2D eigenvalue weighted by Gasteiger charge is 2.35. The van der Waals surface area contributed by atoms with Gasteiger partial charge in [0.2, 0.25) is 0 Å². The van der Waals surface area contributed by atoms with Gasteiger partial charge in [0.05, 0.1) is 0 Å². The molecule has 3 heteroatoms. The normalized spacial score (nSPS) is 20.6. The van der Waals surface area contributed by atoms with Crippen LogP contribution in [-0.2, 0) is 11.2 Å². The van der Waals surface area contributed by atoms with Gasteiger partial charge < -0.3 is 9.47 Å². The third-order valence-electron chi connectivity index (χ3n) is 6.72. The lowest BCUT2D eigenvalue weighted by Crippen LogP contribution is -2.15. The van der Waals surface area contributed by atoms with E-state index in [0.29, 0.717) is 5.75 Å². The van der Waals surface area contributed by atoms with Crippen LogP contribution in [0.3, 0.4) is 0 Å². The van der Waals surface area contributed by atoms with E-state index in [1.807, 2.05) is 42.5 Å². The summed E-state index contributed by atoms with van der Waals surface area (Å²) in [5.41, 5.74) is 6.83. The summed E-state index contributed by atoms with van der Waals surface area (Å²) in [6.07, 6.45) is 0.888. The molecule has 0 saturated heterocycles. The Morgan fingerprint density at radius 3 is 2.00 bits per heavy atom. The van der Waals surface area contributed by atoms with Crippen LogP contribution < -0.4 is 9.47 Å². The maximum absolute atomic E-state index is 12.6. The van der Waals surface area contributed by atoms with Gasteiger partial charge in [-0.1, -0.05) is 84.9 Å². The highest BCUT2D eigenvalue weighted by molar-refractivity contribution is 5.89. The Hall–Kier alpha value is -3.85. The fraction of sp³-hybridized carbons (Fsp3) is 0.167. The molecule has 0 fully saturated rings. The molecule has 0 aliphatic carbocycles. The third-order valence-corrected chi connectivity index (χ3v) is 6.72. The zero-order chi connectivity index (χ0) is 22.4. The molecule has 0 amide bonds. The lowest BCUT2D eigenvalue weighted by Gasteiger charge is -2.15. The molecule has 33 heavy (non-hydrogen) atoms. The number of rotatable bonds is 4. The predicted octanol–water partition coefficient (Wildman–Crippen LogP) is 6.24. The highest BCUT2D eigenvalue weighted by atomic mass is 16.5. The maximum Gasteiger partial charge on any atom is 0.323 e. The largest absolute Gasteiger partial charge is 0.489 e. The molecule has 162 valence electrons. The number of carbonyl (C=O) groups is 1. The molecule has 2 aliphatic rings. The molecule has 3 unspecified atom stereocenters. The van der Waals surface area contributed by atoms with Crippen molar-refractivity contribution in [3.8, 4) is 11.5 Å². The standard InChI is InChI=1S/C30H24O3/c1-19-28(22-8-4-2-5-9-22)24-17-20(12-14-26(24)32-19)16-21-13-15-27-25(18-21)29(30(31)33-27)23-10-6-3-7-11-23/h2-15,17-19,28-29H,16H2,1H3. The molecule has 6 rings (SSSR count). The monoisotopic (exact) mass is 432 g/mol. The number of esters is 1. The van der Waals surface area contributed by atoms with Crippen LogP contribution in [-0.4, -0.2) is 12.1 Å². The van der Waals surface area contributed by atoms with Crippen molar-refractivity contribution in [1.82, 2.24) is 0 Å². The average molecular weight is 433 g/mol. The maximum atomic E-state index is 12.6. The molecule has 3 nitrogen and oxygen atoms in total. The number of ether oxygens (including phenoxy) is 2. The van der Waals surface area contributed by atoms with Gasteiger partial charge in [0.15, 0.2) is 0 Å². The number of fused-ring (bicyclic) bond motifs is 2. The van der Waals surface area contributed by atoms with Crippen LogP contribution in [0.5, 0.6) is 11.5 Å². The number of carbonyl (C=O) groups excluding carboxylic acids is 1. The van der Waals surface area contributed by atoms with Crippen LogP contribution in [0.4, 0.5) is 0 Å². The first-order valence-electron chi connectivity index (χ1n) is 11.4. The van der Waals surface area contributed by atoms with Gasteiger partial charge in [-0.05, 0) is 47.7 Å². The minimum Gasteiger partial charge on any atom is -0.489 e. The Kier molecular flexibility index (Phi) is 4.76. The van der Waals surface area contributed by atoms with Crippen LogP contribution in [0.2, 0.25) is 0 Å². The van der Waals surface area contributed by atoms with Gasteiger partial charge in [0, 0.05) is 17.0 Å². The molecular weight excluding hydrogens is 408 g/mol. The molecule has 0 spiro atoms. The smallest absolute Gasteiger partial charge is 0.323 e. The van der Waals surface area contributed by atoms with Gasteiger partial charge in [0.1, 0.15) is 23.5 Å². The van der Waals surface area contributed by atoms with Crippen molar-refractivity contribution in [2.45, 2.75) is 31.3 Å². The summed E-state index contributed by atoms with van der Waals surface area (Å²) in [4.78, 5) is 12.6. The van der Waals surface area contributed by atoms with Gasteiger partial charge in [-0.2, -0.15) is 0 Å². The zero-order valence-electron chi connectivity index (χ0n) is 18.4. The third kappa shape index (κ3) is 3.50. The number of hydrogen-bond donors (Lipinski definition) is 0. The molecule has 0 N–H and O–H groups in total. The Morgan fingerprint density at radius 2 is 1.30 bits per heavy atom. The van der Waals surface area contributed by atoms with E-state index in [9.17, 15) is 4.79 Å². The van der Waals surface area contributed by atoms with E-state index in [0.717, 1.165) is 28.9 Å². The lowest BCUT2D eigenvalue weighted by atomic mass is 9.87. The van der Waals surface area contributed by atoms with Crippen molar-refractivity contribution < 1.29 is 14.3 Å². The average Bonchev–Trinajstić information content (AvgIpc) is 3.34. The van der Waals surface area contributed by atoms with Crippen LogP contribution in [0.25, 0.3) is 0 Å². The van der Waals surface area contributed by atoms with E-state index >= 15 is 0 Å². The Balaban J connectivity index is 1.32. The SMILES string of the molecule is CC1Oc2ccc(Cc3ccc4c(c3)C(c3ccccc3)C(=O)O4)cc2C1c1ccccc1. The van der Waals surface area contributed by atoms with E-state index in [1.165, 1.54) is 16.7 Å². The minimum absolute atomic E-state index is 0.104. The number of benzene rings is 4. The van der Waals surface area contributed by atoms with Crippen molar-refractivity contribution in [2.24, 2.45) is 0 Å². The van der Waals surface area contributed by atoms with Crippen molar-refractivity contribution in [1.29, 1.82) is 0 Å². The van der Waals surface area contributed by atoms with E-state index < -0.39 is 0 Å². The van der Waals surface area contributed by atoms with Crippen LogP contribution >= 0.6 is 0 Å². The lowest BCUT2D eigenvalue weighted by molar-refractivity contribution is -0.133. The molecule has 0 radical (unpaired) electrons. The first-order valence-corrected chi connectivity index (χ1v) is 11.4. The summed E-state index contributed by atoms with van der Waals surface area (Å²) in [6, 6.07) is 33.0. The second-order valence-electron chi connectivity index (χ2n) is 8.90. The predicted molar refractivity (Wildman–Crippen MR) is 128 cm³/mol. The van der Waals surface area contributed by atoms with Crippen molar-refractivity contribution in [3.63, 3.8) is 0 Å². The van der Waals surface area contributed by atoms with E-state index in [1.54, 1.807) is 0 Å². The molecule has 2 aliphatic heterocycles. The highest BCUT2D eigenvalue weighted by Crippen LogP contribution is 2.43. The fourth-order valence-electron chi connectivity index (χ4n) is 5.21. The topological polar surface area (TPSA) is 35.5 Å².